The predicted molar refractivity (Wildman–Crippen MR) is 103 cm³/mol. The number of urea groups is 1. The highest BCUT2D eigenvalue weighted by Gasteiger charge is 2.31. The maximum Gasteiger partial charge on any atom is 0.326 e. The van der Waals surface area contributed by atoms with Crippen LogP contribution in [-0.4, -0.2) is 46.3 Å². The van der Waals surface area contributed by atoms with Crippen molar-refractivity contribution in [3.05, 3.63) is 59.4 Å². The molecule has 0 radical (unpaired) electrons. The fourth-order valence-corrected chi connectivity index (χ4v) is 3.37. The Bertz CT molecular complexity index is 960. The first-order valence-electron chi connectivity index (χ1n) is 8.51. The molecule has 1 aliphatic heterocycles. The summed E-state index contributed by atoms with van der Waals surface area (Å²) in [5.41, 5.74) is 2.69. The summed E-state index contributed by atoms with van der Waals surface area (Å²) < 4.78 is 5.42. The van der Waals surface area contributed by atoms with Crippen LogP contribution in [0.25, 0.3) is 11.1 Å². The van der Waals surface area contributed by atoms with E-state index < -0.39 is 0 Å². The number of methoxy groups -OCH3 is 1. The van der Waals surface area contributed by atoms with Gasteiger partial charge in [-0.25, -0.2) is 4.79 Å². The van der Waals surface area contributed by atoms with Crippen LogP contribution in [0.15, 0.2) is 48.8 Å². The highest BCUT2D eigenvalue weighted by Crippen LogP contribution is 2.31. The average molecular weight is 384 g/mol. The second-order valence-corrected chi connectivity index (χ2v) is 6.64. The van der Waals surface area contributed by atoms with E-state index in [1.165, 1.54) is 0 Å². The molecule has 1 aliphatic rings. The molecule has 3 aromatic rings. The molecule has 0 atom stereocenters. The molecule has 7 nitrogen and oxygen atoms in total. The van der Waals surface area contributed by atoms with Crippen LogP contribution < -0.4 is 9.64 Å². The van der Waals surface area contributed by atoms with E-state index in [9.17, 15) is 4.79 Å². The van der Waals surface area contributed by atoms with Gasteiger partial charge >= 0.3 is 6.03 Å². The Hall–Kier alpha value is -3.06. The third-order valence-corrected chi connectivity index (χ3v) is 4.72. The summed E-state index contributed by atoms with van der Waals surface area (Å²) in [7, 11) is 1.56. The Balaban J connectivity index is 1.55. The minimum absolute atomic E-state index is 0.0828. The van der Waals surface area contributed by atoms with E-state index in [0.717, 1.165) is 16.7 Å². The first-order chi connectivity index (χ1) is 13.2. The van der Waals surface area contributed by atoms with E-state index >= 15 is 0 Å². The van der Waals surface area contributed by atoms with Crippen molar-refractivity contribution < 1.29 is 9.53 Å². The Morgan fingerprint density at radius 2 is 2.15 bits per heavy atom. The van der Waals surface area contributed by atoms with Crippen LogP contribution in [0.5, 0.6) is 5.88 Å². The first kappa shape index (κ1) is 17.4. The Labute approximate surface area is 161 Å². The Kier molecular flexibility index (Phi) is 4.68. The van der Waals surface area contributed by atoms with Crippen molar-refractivity contribution in [2.75, 3.05) is 25.1 Å². The summed E-state index contributed by atoms with van der Waals surface area (Å²) >= 11 is 6.04. The number of benzene rings is 1. The van der Waals surface area contributed by atoms with Crippen LogP contribution in [0, 0.1) is 0 Å². The lowest BCUT2D eigenvalue weighted by atomic mass is 10.1. The predicted octanol–water partition coefficient (Wildman–Crippen LogP) is 3.58. The quantitative estimate of drug-likeness (QED) is 0.730. The zero-order valence-corrected chi connectivity index (χ0v) is 15.5. The van der Waals surface area contributed by atoms with E-state index in [1.807, 2.05) is 36.4 Å². The van der Waals surface area contributed by atoms with Crippen LogP contribution in [0.1, 0.15) is 5.56 Å². The number of aromatic amines is 1. The maximum absolute atomic E-state index is 12.8. The summed E-state index contributed by atoms with van der Waals surface area (Å²) in [5.74, 6) is 1.02. The van der Waals surface area contributed by atoms with E-state index in [1.54, 1.807) is 29.3 Å². The minimum atomic E-state index is -0.0828. The van der Waals surface area contributed by atoms with Crippen molar-refractivity contribution in [2.45, 2.75) is 6.54 Å². The monoisotopic (exact) mass is 383 g/mol. The van der Waals surface area contributed by atoms with Gasteiger partial charge in [0.2, 0.25) is 5.88 Å². The number of H-pyrrole nitrogens is 1. The number of nitrogens with zero attached hydrogens (tertiary/aromatic N) is 4. The normalized spacial score (nSPS) is 14.1. The van der Waals surface area contributed by atoms with Gasteiger partial charge in [-0.05, 0) is 29.8 Å². The van der Waals surface area contributed by atoms with Crippen molar-refractivity contribution in [1.29, 1.82) is 0 Å². The second kappa shape index (κ2) is 7.28. The number of carbonyl (C=O) groups excluding carboxylic acids is 1. The molecule has 138 valence electrons. The molecule has 27 heavy (non-hydrogen) atoms. The first-order valence-corrected chi connectivity index (χ1v) is 8.88. The number of amides is 2. The topological polar surface area (TPSA) is 74.3 Å². The van der Waals surface area contributed by atoms with E-state index in [4.69, 9.17) is 16.3 Å². The van der Waals surface area contributed by atoms with Gasteiger partial charge < -0.3 is 9.64 Å². The number of halogens is 1. The number of hydrogen-bond donors (Lipinski definition) is 1. The Morgan fingerprint density at radius 1 is 1.26 bits per heavy atom. The molecule has 1 N–H and O–H groups in total. The van der Waals surface area contributed by atoms with Crippen LogP contribution in [-0.2, 0) is 6.54 Å². The number of aromatic nitrogens is 3. The van der Waals surface area contributed by atoms with Crippen molar-refractivity contribution in [1.82, 2.24) is 20.1 Å². The molecule has 0 unspecified atom stereocenters. The maximum atomic E-state index is 12.8. The SMILES string of the molecule is COc1nc(N2CCN(Cc3cccc(Cl)c3)C2=O)ccc1-c1cn[nH]c1. The van der Waals surface area contributed by atoms with E-state index in [-0.39, 0.29) is 6.03 Å². The molecule has 0 spiro atoms. The molecule has 2 amide bonds. The van der Waals surface area contributed by atoms with Gasteiger partial charge in [-0.1, -0.05) is 23.7 Å². The van der Waals surface area contributed by atoms with Crippen molar-refractivity contribution in [3.63, 3.8) is 0 Å². The smallest absolute Gasteiger partial charge is 0.326 e. The number of rotatable bonds is 5. The van der Waals surface area contributed by atoms with Gasteiger partial charge in [-0.15, -0.1) is 0 Å². The summed E-state index contributed by atoms with van der Waals surface area (Å²) in [6.45, 7) is 1.71. The number of hydrogen-bond acceptors (Lipinski definition) is 4. The summed E-state index contributed by atoms with van der Waals surface area (Å²) in [6, 6.07) is 11.2. The zero-order chi connectivity index (χ0) is 18.8. The molecule has 3 heterocycles. The third-order valence-electron chi connectivity index (χ3n) is 4.48. The molecule has 4 rings (SSSR count). The van der Waals surface area contributed by atoms with Gasteiger partial charge in [0.25, 0.3) is 0 Å². The van der Waals surface area contributed by atoms with E-state index in [2.05, 4.69) is 15.2 Å². The van der Waals surface area contributed by atoms with Gasteiger partial charge in [-0.2, -0.15) is 10.1 Å². The lowest BCUT2D eigenvalue weighted by Gasteiger charge is -2.19. The molecule has 0 aliphatic carbocycles. The molecule has 1 aromatic carbocycles. The fraction of sp³-hybridized carbons (Fsp3) is 0.211. The van der Waals surface area contributed by atoms with E-state index in [0.29, 0.717) is 36.4 Å². The van der Waals surface area contributed by atoms with Crippen LogP contribution in [0.3, 0.4) is 0 Å². The van der Waals surface area contributed by atoms with Gasteiger partial charge in [0.15, 0.2) is 0 Å². The largest absolute Gasteiger partial charge is 0.480 e. The third kappa shape index (κ3) is 3.46. The number of pyridine rings is 1. The molecule has 0 saturated carbocycles. The van der Waals surface area contributed by atoms with Gasteiger partial charge in [0.1, 0.15) is 5.82 Å². The Morgan fingerprint density at radius 3 is 2.89 bits per heavy atom. The lowest BCUT2D eigenvalue weighted by molar-refractivity contribution is 0.218. The summed E-state index contributed by atoms with van der Waals surface area (Å²) in [4.78, 5) is 20.8. The number of carbonyl (C=O) groups is 1. The minimum Gasteiger partial charge on any atom is -0.480 e. The van der Waals surface area contributed by atoms with Gasteiger partial charge in [0.05, 0.1) is 13.3 Å². The second-order valence-electron chi connectivity index (χ2n) is 6.20. The highest BCUT2D eigenvalue weighted by atomic mass is 35.5. The molecular formula is C19H18ClN5O2. The van der Waals surface area contributed by atoms with Crippen LogP contribution in [0.4, 0.5) is 10.6 Å². The zero-order valence-electron chi connectivity index (χ0n) is 14.7. The standard InChI is InChI=1S/C19H18ClN5O2/c1-27-18-16(14-10-21-22-11-14)5-6-17(23-18)25-8-7-24(19(25)26)12-13-3-2-4-15(20)9-13/h2-6,9-11H,7-8,12H2,1H3,(H,21,22). The van der Waals surface area contributed by atoms with Crippen LogP contribution >= 0.6 is 11.6 Å². The number of anilines is 1. The van der Waals surface area contributed by atoms with Crippen molar-refractivity contribution in [3.8, 4) is 17.0 Å². The molecule has 2 aromatic heterocycles. The van der Waals surface area contributed by atoms with Gasteiger partial charge in [0, 0.05) is 42.0 Å². The van der Waals surface area contributed by atoms with Crippen molar-refractivity contribution >= 4 is 23.4 Å². The highest BCUT2D eigenvalue weighted by molar-refractivity contribution is 6.30. The van der Waals surface area contributed by atoms with Gasteiger partial charge in [-0.3, -0.25) is 10.00 Å². The molecular weight excluding hydrogens is 366 g/mol. The molecule has 0 bridgehead atoms. The number of nitrogens with one attached hydrogen (secondary N) is 1. The lowest BCUT2D eigenvalue weighted by Crippen LogP contribution is -2.32. The summed E-state index contributed by atoms with van der Waals surface area (Å²) in [6.07, 6.45) is 3.47. The van der Waals surface area contributed by atoms with Crippen molar-refractivity contribution in [2.24, 2.45) is 0 Å². The average Bonchev–Trinajstić information content (AvgIpc) is 3.32. The molecule has 8 heteroatoms. The molecule has 1 saturated heterocycles. The molecule has 1 fully saturated rings. The summed E-state index contributed by atoms with van der Waals surface area (Å²) in [5, 5.41) is 7.39. The fourth-order valence-electron chi connectivity index (χ4n) is 3.15. The number of ether oxygens (including phenoxy) is 1. The van der Waals surface area contributed by atoms with Crippen LogP contribution in [0.2, 0.25) is 5.02 Å².